The zero-order chi connectivity index (χ0) is 12.3. The van der Waals surface area contributed by atoms with Crippen molar-refractivity contribution in [1.29, 1.82) is 0 Å². The van der Waals surface area contributed by atoms with Crippen LogP contribution in [0.5, 0.6) is 0 Å². The second kappa shape index (κ2) is 5.61. The molecule has 0 bridgehead atoms. The van der Waals surface area contributed by atoms with Gasteiger partial charge in [0.1, 0.15) is 5.82 Å². The lowest BCUT2D eigenvalue weighted by Gasteiger charge is -2.29. The van der Waals surface area contributed by atoms with E-state index in [4.69, 9.17) is 0 Å². The van der Waals surface area contributed by atoms with Gasteiger partial charge < -0.3 is 5.32 Å². The van der Waals surface area contributed by atoms with Crippen molar-refractivity contribution in [3.63, 3.8) is 0 Å². The molecule has 3 heteroatoms. The van der Waals surface area contributed by atoms with E-state index in [0.29, 0.717) is 18.6 Å². The van der Waals surface area contributed by atoms with Gasteiger partial charge in [0, 0.05) is 24.2 Å². The van der Waals surface area contributed by atoms with Crippen LogP contribution >= 0.6 is 0 Å². The number of hydrogen-bond acceptors (Lipinski definition) is 2. The van der Waals surface area contributed by atoms with Gasteiger partial charge in [0.15, 0.2) is 0 Å². The Labute approximate surface area is 103 Å². The van der Waals surface area contributed by atoms with Crippen molar-refractivity contribution < 1.29 is 4.39 Å². The number of likely N-dealkylation sites (N-methyl/N-ethyl adjacent to an activating group) is 2. The Kier molecular flexibility index (Phi) is 4.13. The first-order valence-corrected chi connectivity index (χ1v) is 6.33. The Hall–Kier alpha value is -0.930. The molecule has 2 atom stereocenters. The summed E-state index contributed by atoms with van der Waals surface area (Å²) in [5, 5.41) is 3.36. The summed E-state index contributed by atoms with van der Waals surface area (Å²) in [5.41, 5.74) is 0.789. The summed E-state index contributed by atoms with van der Waals surface area (Å²) in [7, 11) is 4.10. The highest BCUT2D eigenvalue weighted by Crippen LogP contribution is 2.24. The van der Waals surface area contributed by atoms with Gasteiger partial charge >= 0.3 is 0 Å². The number of halogens is 1. The van der Waals surface area contributed by atoms with Crippen molar-refractivity contribution in [2.45, 2.75) is 37.9 Å². The lowest BCUT2D eigenvalue weighted by atomic mass is 10.1. The second-order valence-corrected chi connectivity index (χ2v) is 4.90. The summed E-state index contributed by atoms with van der Waals surface area (Å²) < 4.78 is 13.6. The van der Waals surface area contributed by atoms with Crippen molar-refractivity contribution in [3.8, 4) is 0 Å². The van der Waals surface area contributed by atoms with Gasteiger partial charge in [-0.15, -0.1) is 0 Å². The van der Waals surface area contributed by atoms with Crippen LogP contribution in [0.3, 0.4) is 0 Å². The van der Waals surface area contributed by atoms with E-state index in [1.165, 1.54) is 25.3 Å². The van der Waals surface area contributed by atoms with Crippen molar-refractivity contribution in [2.75, 3.05) is 14.1 Å². The number of nitrogens with zero attached hydrogens (tertiary/aromatic N) is 1. The van der Waals surface area contributed by atoms with Gasteiger partial charge in [-0.1, -0.05) is 24.6 Å². The average molecular weight is 236 g/mol. The van der Waals surface area contributed by atoms with E-state index in [0.717, 1.165) is 5.56 Å². The minimum absolute atomic E-state index is 0.0987. The van der Waals surface area contributed by atoms with Crippen LogP contribution in [-0.4, -0.2) is 31.1 Å². The van der Waals surface area contributed by atoms with Gasteiger partial charge in [0.25, 0.3) is 0 Å². The minimum Gasteiger partial charge on any atom is -0.315 e. The van der Waals surface area contributed by atoms with E-state index in [1.807, 2.05) is 19.2 Å². The predicted molar refractivity (Wildman–Crippen MR) is 68.4 cm³/mol. The van der Waals surface area contributed by atoms with Crippen LogP contribution in [0.25, 0.3) is 0 Å². The molecule has 94 valence electrons. The van der Waals surface area contributed by atoms with Crippen molar-refractivity contribution >= 4 is 0 Å². The molecular formula is C14H21FN2. The van der Waals surface area contributed by atoms with Crippen LogP contribution < -0.4 is 5.32 Å². The number of rotatable bonds is 4. The Morgan fingerprint density at radius 1 is 1.35 bits per heavy atom. The molecule has 1 saturated carbocycles. The van der Waals surface area contributed by atoms with Crippen molar-refractivity contribution in [2.24, 2.45) is 0 Å². The van der Waals surface area contributed by atoms with Crippen LogP contribution in [0, 0.1) is 5.82 Å². The molecule has 0 saturated heterocycles. The standard InChI is InChI=1S/C14H21FN2/c1-16-13-8-5-9-14(13)17(2)10-11-6-3-4-7-12(11)15/h3-4,6-7,13-14,16H,5,8-10H2,1-2H3. The van der Waals surface area contributed by atoms with Crippen LogP contribution in [0.1, 0.15) is 24.8 Å². The number of hydrogen-bond donors (Lipinski definition) is 1. The van der Waals surface area contributed by atoms with Crippen molar-refractivity contribution in [3.05, 3.63) is 35.6 Å². The van der Waals surface area contributed by atoms with E-state index in [2.05, 4.69) is 17.3 Å². The molecule has 0 spiro atoms. The molecule has 1 N–H and O–H groups in total. The molecule has 2 unspecified atom stereocenters. The average Bonchev–Trinajstić information content (AvgIpc) is 2.80. The number of benzene rings is 1. The Morgan fingerprint density at radius 2 is 2.12 bits per heavy atom. The SMILES string of the molecule is CNC1CCCC1N(C)Cc1ccccc1F. The van der Waals surface area contributed by atoms with Gasteiger partial charge in [0.2, 0.25) is 0 Å². The predicted octanol–water partition coefficient (Wildman–Crippen LogP) is 2.40. The summed E-state index contributed by atoms with van der Waals surface area (Å²) in [6.07, 6.45) is 3.69. The van der Waals surface area contributed by atoms with Crippen LogP contribution in [-0.2, 0) is 6.54 Å². The first-order valence-electron chi connectivity index (χ1n) is 6.33. The maximum absolute atomic E-state index is 13.6. The molecule has 0 aliphatic heterocycles. The Balaban J connectivity index is 2.01. The molecule has 0 heterocycles. The summed E-state index contributed by atoms with van der Waals surface area (Å²) in [5.74, 6) is -0.0987. The van der Waals surface area contributed by atoms with E-state index < -0.39 is 0 Å². The fourth-order valence-electron chi connectivity index (χ4n) is 2.82. The molecule has 2 nitrogen and oxygen atoms in total. The first kappa shape index (κ1) is 12.5. The molecule has 2 rings (SSSR count). The zero-order valence-electron chi connectivity index (χ0n) is 10.6. The normalized spacial score (nSPS) is 24.5. The summed E-state index contributed by atoms with van der Waals surface area (Å²) in [6, 6.07) is 8.12. The Bertz CT molecular complexity index is 367. The summed E-state index contributed by atoms with van der Waals surface area (Å²) in [4.78, 5) is 2.27. The van der Waals surface area contributed by atoms with E-state index >= 15 is 0 Å². The van der Waals surface area contributed by atoms with Crippen LogP contribution in [0.2, 0.25) is 0 Å². The fraction of sp³-hybridized carbons (Fsp3) is 0.571. The lowest BCUT2D eigenvalue weighted by molar-refractivity contribution is 0.206. The second-order valence-electron chi connectivity index (χ2n) is 4.90. The van der Waals surface area contributed by atoms with Gasteiger partial charge in [-0.2, -0.15) is 0 Å². The van der Waals surface area contributed by atoms with Gasteiger partial charge in [0.05, 0.1) is 0 Å². The molecule has 1 aliphatic carbocycles. The smallest absolute Gasteiger partial charge is 0.127 e. The monoisotopic (exact) mass is 236 g/mol. The molecule has 0 radical (unpaired) electrons. The molecule has 1 aliphatic rings. The summed E-state index contributed by atoms with van der Waals surface area (Å²) >= 11 is 0. The van der Waals surface area contributed by atoms with E-state index in [1.54, 1.807) is 6.07 Å². The Morgan fingerprint density at radius 3 is 2.82 bits per heavy atom. The van der Waals surface area contributed by atoms with Crippen LogP contribution in [0.4, 0.5) is 4.39 Å². The topological polar surface area (TPSA) is 15.3 Å². The first-order chi connectivity index (χ1) is 8.22. The van der Waals surface area contributed by atoms with Gasteiger partial charge in [-0.25, -0.2) is 4.39 Å². The highest BCUT2D eigenvalue weighted by atomic mass is 19.1. The molecule has 1 fully saturated rings. The minimum atomic E-state index is -0.0987. The number of nitrogens with one attached hydrogen (secondary N) is 1. The highest BCUT2D eigenvalue weighted by molar-refractivity contribution is 5.17. The quantitative estimate of drug-likeness (QED) is 0.863. The third-order valence-electron chi connectivity index (χ3n) is 3.79. The van der Waals surface area contributed by atoms with E-state index in [9.17, 15) is 4.39 Å². The third-order valence-corrected chi connectivity index (χ3v) is 3.79. The van der Waals surface area contributed by atoms with Crippen molar-refractivity contribution in [1.82, 2.24) is 10.2 Å². The van der Waals surface area contributed by atoms with Crippen LogP contribution in [0.15, 0.2) is 24.3 Å². The maximum Gasteiger partial charge on any atom is 0.127 e. The molecule has 1 aromatic rings. The highest BCUT2D eigenvalue weighted by Gasteiger charge is 2.29. The molecular weight excluding hydrogens is 215 g/mol. The molecule has 0 amide bonds. The summed E-state index contributed by atoms with van der Waals surface area (Å²) in [6.45, 7) is 0.690. The maximum atomic E-state index is 13.6. The lowest BCUT2D eigenvalue weighted by Crippen LogP contribution is -2.43. The van der Waals surface area contributed by atoms with E-state index in [-0.39, 0.29) is 5.82 Å². The van der Waals surface area contributed by atoms with Gasteiger partial charge in [-0.05, 0) is 33.0 Å². The molecule has 1 aromatic carbocycles. The molecule has 17 heavy (non-hydrogen) atoms. The zero-order valence-corrected chi connectivity index (χ0v) is 10.6. The third kappa shape index (κ3) is 2.85. The van der Waals surface area contributed by atoms with Gasteiger partial charge in [-0.3, -0.25) is 4.90 Å². The largest absolute Gasteiger partial charge is 0.315 e. The molecule has 0 aromatic heterocycles. The fourth-order valence-corrected chi connectivity index (χ4v) is 2.82.